The molecule has 0 saturated heterocycles. The molecule has 0 aliphatic heterocycles. The summed E-state index contributed by atoms with van der Waals surface area (Å²) < 4.78 is 33.8. The summed E-state index contributed by atoms with van der Waals surface area (Å²) in [7, 11) is -3.63. The van der Waals surface area contributed by atoms with Crippen molar-refractivity contribution >= 4 is 37.5 Å². The molecule has 1 unspecified atom stereocenters. The van der Waals surface area contributed by atoms with Crippen molar-refractivity contribution in [2.75, 3.05) is 18.4 Å². The van der Waals surface area contributed by atoms with Crippen molar-refractivity contribution in [1.82, 2.24) is 4.31 Å². The molecule has 0 fully saturated rings. The third-order valence-corrected chi connectivity index (χ3v) is 7.29. The van der Waals surface area contributed by atoms with Crippen LogP contribution < -0.4 is 10.1 Å². The van der Waals surface area contributed by atoms with E-state index in [1.807, 2.05) is 26.0 Å². The van der Waals surface area contributed by atoms with E-state index >= 15 is 0 Å². The van der Waals surface area contributed by atoms with E-state index in [1.54, 1.807) is 39.0 Å². The molecule has 0 bridgehead atoms. The van der Waals surface area contributed by atoms with Crippen LogP contribution in [0.1, 0.15) is 31.9 Å². The molecule has 2 aromatic carbocycles. The summed E-state index contributed by atoms with van der Waals surface area (Å²) >= 11 is 3.36. The minimum atomic E-state index is -3.63. The van der Waals surface area contributed by atoms with Gasteiger partial charge in [-0.3, -0.25) is 4.79 Å². The molecule has 2 rings (SSSR count). The number of aryl methyl sites for hydroxylation is 1. The summed E-state index contributed by atoms with van der Waals surface area (Å²) in [5.74, 6) is 0.217. The minimum absolute atomic E-state index is 0.168. The van der Waals surface area contributed by atoms with Gasteiger partial charge >= 0.3 is 0 Å². The molecule has 2 aromatic rings. The lowest BCUT2D eigenvalue weighted by Crippen LogP contribution is -2.32. The highest BCUT2D eigenvalue weighted by atomic mass is 79.9. The Balaban J connectivity index is 2.26. The number of carbonyl (C=O) groups is 1. The van der Waals surface area contributed by atoms with Crippen LogP contribution in [-0.2, 0) is 14.8 Å². The second kappa shape index (κ2) is 9.73. The largest absolute Gasteiger partial charge is 0.481 e. The third-order valence-electron chi connectivity index (χ3n) is 4.74. The molecular formula is C21H27BrN2O4S. The van der Waals surface area contributed by atoms with Crippen LogP contribution >= 0.6 is 15.9 Å². The molecule has 0 aliphatic rings. The van der Waals surface area contributed by atoms with Gasteiger partial charge in [0, 0.05) is 23.2 Å². The summed E-state index contributed by atoms with van der Waals surface area (Å²) in [5.41, 5.74) is 2.06. The quantitative estimate of drug-likeness (QED) is 0.600. The summed E-state index contributed by atoms with van der Waals surface area (Å²) in [4.78, 5) is 12.8. The molecule has 29 heavy (non-hydrogen) atoms. The number of rotatable bonds is 8. The molecule has 1 amide bonds. The number of hydrogen-bond donors (Lipinski definition) is 1. The number of ether oxygens (including phenoxy) is 1. The van der Waals surface area contributed by atoms with Crippen molar-refractivity contribution in [3.05, 3.63) is 52.0 Å². The molecular weight excluding hydrogens is 456 g/mol. The highest BCUT2D eigenvalue weighted by Gasteiger charge is 2.24. The van der Waals surface area contributed by atoms with E-state index in [2.05, 4.69) is 21.2 Å². The van der Waals surface area contributed by atoms with Crippen molar-refractivity contribution in [2.24, 2.45) is 0 Å². The Morgan fingerprint density at radius 3 is 2.28 bits per heavy atom. The van der Waals surface area contributed by atoms with Crippen LogP contribution in [0.2, 0.25) is 0 Å². The summed E-state index contributed by atoms with van der Waals surface area (Å²) in [6, 6.07) is 10.3. The first-order valence-corrected chi connectivity index (χ1v) is 11.7. The number of anilines is 1. The van der Waals surface area contributed by atoms with Gasteiger partial charge in [0.1, 0.15) is 5.75 Å². The van der Waals surface area contributed by atoms with Crippen molar-refractivity contribution in [1.29, 1.82) is 0 Å². The van der Waals surface area contributed by atoms with Crippen molar-refractivity contribution in [3.63, 3.8) is 0 Å². The minimum Gasteiger partial charge on any atom is -0.481 e. The first-order chi connectivity index (χ1) is 13.6. The zero-order chi connectivity index (χ0) is 21.8. The maximum Gasteiger partial charge on any atom is 0.265 e. The number of hydrogen-bond acceptors (Lipinski definition) is 4. The summed E-state index contributed by atoms with van der Waals surface area (Å²) in [5, 5.41) is 2.81. The van der Waals surface area contributed by atoms with Crippen LogP contribution in [0.5, 0.6) is 5.75 Å². The van der Waals surface area contributed by atoms with E-state index in [0.29, 0.717) is 24.5 Å². The molecule has 0 heterocycles. The van der Waals surface area contributed by atoms with Crippen molar-refractivity contribution in [3.8, 4) is 5.75 Å². The first-order valence-electron chi connectivity index (χ1n) is 9.44. The molecule has 1 atom stereocenters. The Kier molecular flexibility index (Phi) is 7.85. The topological polar surface area (TPSA) is 75.7 Å². The second-order valence-corrected chi connectivity index (χ2v) is 9.56. The molecule has 0 aliphatic carbocycles. The predicted molar refractivity (Wildman–Crippen MR) is 119 cm³/mol. The van der Waals surface area contributed by atoms with Crippen LogP contribution in [-0.4, -0.2) is 37.8 Å². The van der Waals surface area contributed by atoms with Gasteiger partial charge in [-0.1, -0.05) is 29.8 Å². The van der Waals surface area contributed by atoms with Crippen LogP contribution in [0.3, 0.4) is 0 Å². The highest BCUT2D eigenvalue weighted by molar-refractivity contribution is 9.10. The van der Waals surface area contributed by atoms with E-state index in [1.165, 1.54) is 10.4 Å². The van der Waals surface area contributed by atoms with E-state index in [4.69, 9.17) is 4.74 Å². The number of benzene rings is 2. The number of nitrogens with one attached hydrogen (secondary N) is 1. The van der Waals surface area contributed by atoms with Gasteiger partial charge < -0.3 is 10.1 Å². The third kappa shape index (κ3) is 5.58. The number of halogens is 1. The van der Waals surface area contributed by atoms with Gasteiger partial charge in [0.15, 0.2) is 6.10 Å². The number of nitrogens with zero attached hydrogens (tertiary/aromatic N) is 1. The van der Waals surface area contributed by atoms with Crippen LogP contribution in [0.15, 0.2) is 45.8 Å². The van der Waals surface area contributed by atoms with Crippen LogP contribution in [0.4, 0.5) is 5.69 Å². The SMILES string of the molecule is CCN(CC)S(=O)(=O)c1cc(C)c(C)c(NC(=O)C(C)Oc2ccc(Br)cc2)c1. The molecule has 0 aromatic heterocycles. The molecule has 6 nitrogen and oxygen atoms in total. The zero-order valence-electron chi connectivity index (χ0n) is 17.3. The lowest BCUT2D eigenvalue weighted by molar-refractivity contribution is -0.122. The number of carbonyl (C=O) groups excluding carboxylic acids is 1. The molecule has 0 radical (unpaired) electrons. The van der Waals surface area contributed by atoms with Crippen LogP contribution in [0, 0.1) is 13.8 Å². The molecule has 0 saturated carbocycles. The predicted octanol–water partition coefficient (Wildman–Crippen LogP) is 4.50. The van der Waals surface area contributed by atoms with Gasteiger partial charge in [-0.25, -0.2) is 8.42 Å². The Hall–Kier alpha value is -1.90. The van der Waals surface area contributed by atoms with Gasteiger partial charge in [-0.2, -0.15) is 4.31 Å². The summed E-state index contributed by atoms with van der Waals surface area (Å²) in [6.45, 7) is 9.68. The second-order valence-electron chi connectivity index (χ2n) is 6.71. The normalized spacial score (nSPS) is 12.7. The fourth-order valence-electron chi connectivity index (χ4n) is 2.82. The van der Waals surface area contributed by atoms with E-state index in [-0.39, 0.29) is 10.8 Å². The first kappa shape index (κ1) is 23.4. The average Bonchev–Trinajstić information content (AvgIpc) is 2.67. The molecule has 158 valence electrons. The Morgan fingerprint density at radius 1 is 1.14 bits per heavy atom. The van der Waals surface area contributed by atoms with Gasteiger partial charge in [0.2, 0.25) is 10.0 Å². The number of sulfonamides is 1. The van der Waals surface area contributed by atoms with Crippen LogP contribution in [0.25, 0.3) is 0 Å². The molecule has 1 N–H and O–H groups in total. The lowest BCUT2D eigenvalue weighted by atomic mass is 10.1. The van der Waals surface area contributed by atoms with Gasteiger partial charge in [-0.05, 0) is 68.3 Å². The van der Waals surface area contributed by atoms with Crippen molar-refractivity contribution < 1.29 is 17.9 Å². The number of amides is 1. The highest BCUT2D eigenvalue weighted by Crippen LogP contribution is 2.27. The monoisotopic (exact) mass is 482 g/mol. The Morgan fingerprint density at radius 2 is 1.72 bits per heavy atom. The lowest BCUT2D eigenvalue weighted by Gasteiger charge is -2.21. The van der Waals surface area contributed by atoms with Gasteiger partial charge in [0.25, 0.3) is 5.91 Å². The fourth-order valence-corrected chi connectivity index (χ4v) is 4.66. The summed E-state index contributed by atoms with van der Waals surface area (Å²) in [6.07, 6.45) is -0.751. The van der Waals surface area contributed by atoms with Gasteiger partial charge in [0.05, 0.1) is 4.90 Å². The standard InChI is InChI=1S/C21H27BrN2O4S/c1-6-24(7-2)29(26,27)19-12-14(3)15(4)20(13-19)23-21(25)16(5)28-18-10-8-17(22)9-11-18/h8-13,16H,6-7H2,1-5H3,(H,23,25). The van der Waals surface area contributed by atoms with Crippen molar-refractivity contribution in [2.45, 2.75) is 45.6 Å². The smallest absolute Gasteiger partial charge is 0.265 e. The van der Waals surface area contributed by atoms with E-state index in [0.717, 1.165) is 15.6 Å². The maximum absolute atomic E-state index is 12.9. The Labute approximate surface area is 181 Å². The average molecular weight is 483 g/mol. The maximum atomic E-state index is 12.9. The van der Waals surface area contributed by atoms with Gasteiger partial charge in [-0.15, -0.1) is 0 Å². The Bertz CT molecular complexity index is 971. The van der Waals surface area contributed by atoms with E-state index < -0.39 is 16.1 Å². The molecule has 0 spiro atoms. The molecule has 8 heteroatoms. The zero-order valence-corrected chi connectivity index (χ0v) is 19.7. The fraction of sp³-hybridized carbons (Fsp3) is 0.381. The van der Waals surface area contributed by atoms with E-state index in [9.17, 15) is 13.2 Å².